The molecule has 0 saturated heterocycles. The minimum atomic E-state index is -1.07. The van der Waals surface area contributed by atoms with E-state index in [1.165, 1.54) is 19.2 Å². The molecule has 1 unspecified atom stereocenters. The van der Waals surface area contributed by atoms with E-state index >= 15 is 0 Å². The largest absolute Gasteiger partial charge is 0.449 e. The number of carbonyl (C=O) groups excluding carboxylic acids is 2. The molecular formula is C19H18Cl2N4O4. The van der Waals surface area contributed by atoms with Gasteiger partial charge < -0.3 is 15.2 Å². The molecule has 0 aliphatic heterocycles. The predicted molar refractivity (Wildman–Crippen MR) is 109 cm³/mol. The number of hydrogen-bond acceptors (Lipinski definition) is 6. The lowest BCUT2D eigenvalue weighted by molar-refractivity contribution is -0.123. The van der Waals surface area contributed by atoms with Crippen molar-refractivity contribution in [3.8, 4) is 0 Å². The second kappa shape index (κ2) is 8.77. The van der Waals surface area contributed by atoms with E-state index in [0.29, 0.717) is 34.0 Å². The number of carbonyl (C=O) groups is 2. The lowest BCUT2D eigenvalue weighted by Gasteiger charge is -2.14. The Morgan fingerprint density at radius 2 is 2.07 bits per heavy atom. The molecule has 1 amide bonds. The van der Waals surface area contributed by atoms with Gasteiger partial charge in [0.05, 0.1) is 35.1 Å². The Bertz CT molecular complexity index is 1080. The molecule has 29 heavy (non-hydrogen) atoms. The number of benzene rings is 1. The second-order valence-corrected chi connectivity index (χ2v) is 7.13. The number of fused-ring (bicyclic) bond motifs is 1. The van der Waals surface area contributed by atoms with Gasteiger partial charge in [-0.1, -0.05) is 23.2 Å². The number of aromatic nitrogens is 3. The first-order valence-electron chi connectivity index (χ1n) is 8.71. The highest BCUT2D eigenvalue weighted by atomic mass is 35.5. The van der Waals surface area contributed by atoms with Crippen LogP contribution in [0.3, 0.4) is 0 Å². The van der Waals surface area contributed by atoms with Crippen molar-refractivity contribution >= 4 is 51.8 Å². The summed E-state index contributed by atoms with van der Waals surface area (Å²) in [4.78, 5) is 29.0. The molecule has 0 bridgehead atoms. The topological polar surface area (TPSA) is 106 Å². The van der Waals surface area contributed by atoms with Crippen molar-refractivity contribution in [1.82, 2.24) is 14.8 Å². The van der Waals surface area contributed by atoms with Crippen molar-refractivity contribution in [2.45, 2.75) is 26.5 Å². The zero-order chi connectivity index (χ0) is 21.1. The van der Waals surface area contributed by atoms with E-state index in [9.17, 15) is 9.59 Å². The number of anilines is 1. The van der Waals surface area contributed by atoms with Crippen molar-refractivity contribution in [3.63, 3.8) is 0 Å². The summed E-state index contributed by atoms with van der Waals surface area (Å²) in [5.41, 5.74) is 1.77. The van der Waals surface area contributed by atoms with Gasteiger partial charge in [-0.25, -0.2) is 14.5 Å². The summed E-state index contributed by atoms with van der Waals surface area (Å²) in [6.45, 7) is 3.45. The van der Waals surface area contributed by atoms with Crippen molar-refractivity contribution in [2.75, 3.05) is 11.9 Å². The Kier molecular flexibility index (Phi) is 6.36. The molecule has 3 rings (SSSR count). The number of aliphatic hydroxyl groups excluding tert-OH is 1. The molecule has 2 aromatic heterocycles. The minimum Gasteiger partial charge on any atom is -0.449 e. The predicted octanol–water partition coefficient (Wildman–Crippen LogP) is 3.22. The van der Waals surface area contributed by atoms with Gasteiger partial charge >= 0.3 is 5.97 Å². The third kappa shape index (κ3) is 4.67. The van der Waals surface area contributed by atoms with Gasteiger partial charge in [0, 0.05) is 16.6 Å². The number of halogens is 2. The van der Waals surface area contributed by atoms with Crippen LogP contribution in [-0.2, 0) is 16.1 Å². The molecule has 2 heterocycles. The van der Waals surface area contributed by atoms with Gasteiger partial charge in [-0.15, -0.1) is 0 Å². The average Bonchev–Trinajstić information content (AvgIpc) is 2.99. The SMILES string of the molecule is Cc1nn(CCO)c2ncc(C(=O)OC(C)C(=O)Nc3ccc(Cl)cc3Cl)cc12. The Morgan fingerprint density at radius 3 is 2.76 bits per heavy atom. The lowest BCUT2D eigenvalue weighted by Crippen LogP contribution is -2.30. The fourth-order valence-electron chi connectivity index (χ4n) is 2.68. The quantitative estimate of drug-likeness (QED) is 0.574. The molecule has 0 aliphatic carbocycles. The molecule has 0 saturated carbocycles. The monoisotopic (exact) mass is 436 g/mol. The van der Waals surface area contributed by atoms with Crippen LogP contribution in [0.4, 0.5) is 5.69 Å². The molecule has 0 aliphatic rings. The third-order valence-corrected chi connectivity index (χ3v) is 4.71. The summed E-state index contributed by atoms with van der Waals surface area (Å²) in [5, 5.41) is 17.4. The van der Waals surface area contributed by atoms with E-state index in [0.717, 1.165) is 0 Å². The highest BCUT2D eigenvalue weighted by molar-refractivity contribution is 6.36. The van der Waals surface area contributed by atoms with E-state index in [-0.39, 0.29) is 17.2 Å². The fraction of sp³-hybridized carbons (Fsp3) is 0.263. The molecule has 0 spiro atoms. The van der Waals surface area contributed by atoms with Crippen molar-refractivity contribution < 1.29 is 19.4 Å². The van der Waals surface area contributed by atoms with Crippen LogP contribution < -0.4 is 5.32 Å². The molecular weight excluding hydrogens is 419 g/mol. The molecule has 152 valence electrons. The van der Waals surface area contributed by atoms with E-state index in [1.807, 2.05) is 0 Å². The third-order valence-electron chi connectivity index (χ3n) is 4.16. The summed E-state index contributed by atoms with van der Waals surface area (Å²) < 4.78 is 6.81. The molecule has 1 aromatic carbocycles. The van der Waals surface area contributed by atoms with Crippen LogP contribution in [0.5, 0.6) is 0 Å². The van der Waals surface area contributed by atoms with Gasteiger partial charge in [0.1, 0.15) is 0 Å². The Morgan fingerprint density at radius 1 is 1.31 bits per heavy atom. The maximum Gasteiger partial charge on any atom is 0.340 e. The molecule has 3 aromatic rings. The molecule has 10 heteroatoms. The first-order valence-corrected chi connectivity index (χ1v) is 9.46. The van der Waals surface area contributed by atoms with E-state index in [4.69, 9.17) is 33.0 Å². The zero-order valence-electron chi connectivity index (χ0n) is 15.6. The van der Waals surface area contributed by atoms with Crippen LogP contribution in [0.1, 0.15) is 23.0 Å². The number of pyridine rings is 1. The zero-order valence-corrected chi connectivity index (χ0v) is 17.2. The number of aliphatic hydroxyl groups is 1. The van der Waals surface area contributed by atoms with Crippen LogP contribution >= 0.6 is 23.2 Å². The van der Waals surface area contributed by atoms with Crippen molar-refractivity contribution in [1.29, 1.82) is 0 Å². The van der Waals surface area contributed by atoms with Crippen LogP contribution in [0.25, 0.3) is 11.0 Å². The summed E-state index contributed by atoms with van der Waals surface area (Å²) in [7, 11) is 0. The normalized spacial score (nSPS) is 12.0. The molecule has 0 radical (unpaired) electrons. The van der Waals surface area contributed by atoms with Gasteiger partial charge in [-0.2, -0.15) is 5.10 Å². The summed E-state index contributed by atoms with van der Waals surface area (Å²) in [5.74, 6) is -1.23. The van der Waals surface area contributed by atoms with Gasteiger partial charge in [0.2, 0.25) is 0 Å². The fourth-order valence-corrected chi connectivity index (χ4v) is 3.14. The average molecular weight is 437 g/mol. The molecule has 0 fully saturated rings. The summed E-state index contributed by atoms with van der Waals surface area (Å²) in [6, 6.07) is 6.23. The minimum absolute atomic E-state index is 0.0774. The number of nitrogens with one attached hydrogen (secondary N) is 1. The Hall–Kier alpha value is -2.68. The maximum atomic E-state index is 12.5. The van der Waals surface area contributed by atoms with E-state index < -0.39 is 18.0 Å². The Balaban J connectivity index is 1.71. The van der Waals surface area contributed by atoms with Crippen LogP contribution in [0, 0.1) is 6.92 Å². The lowest BCUT2D eigenvalue weighted by atomic mass is 10.2. The van der Waals surface area contributed by atoms with Crippen LogP contribution in [0.2, 0.25) is 10.0 Å². The Labute approximate surface area is 176 Å². The second-order valence-electron chi connectivity index (χ2n) is 6.29. The maximum absolute atomic E-state index is 12.5. The first-order chi connectivity index (χ1) is 13.8. The number of nitrogens with zero attached hydrogens (tertiary/aromatic N) is 3. The molecule has 1 atom stereocenters. The number of aryl methyl sites for hydroxylation is 1. The number of rotatable bonds is 6. The summed E-state index contributed by atoms with van der Waals surface area (Å²) >= 11 is 11.9. The number of ether oxygens (including phenoxy) is 1. The van der Waals surface area contributed by atoms with Crippen molar-refractivity contribution in [3.05, 3.63) is 51.8 Å². The van der Waals surface area contributed by atoms with Gasteiger partial charge in [0.25, 0.3) is 5.91 Å². The van der Waals surface area contributed by atoms with Gasteiger partial charge in [-0.3, -0.25) is 4.79 Å². The number of amides is 1. The van der Waals surface area contributed by atoms with Gasteiger partial charge in [-0.05, 0) is 38.1 Å². The first kappa shape index (κ1) is 21.0. The molecule has 8 nitrogen and oxygen atoms in total. The van der Waals surface area contributed by atoms with E-state index in [1.54, 1.807) is 29.8 Å². The highest BCUT2D eigenvalue weighted by Crippen LogP contribution is 2.25. The van der Waals surface area contributed by atoms with Crippen LogP contribution in [-0.4, -0.2) is 44.5 Å². The van der Waals surface area contributed by atoms with Crippen LogP contribution in [0.15, 0.2) is 30.5 Å². The van der Waals surface area contributed by atoms with Gasteiger partial charge in [0.15, 0.2) is 11.8 Å². The molecule has 2 N–H and O–H groups in total. The summed E-state index contributed by atoms with van der Waals surface area (Å²) in [6.07, 6.45) is 0.281. The highest BCUT2D eigenvalue weighted by Gasteiger charge is 2.21. The van der Waals surface area contributed by atoms with E-state index in [2.05, 4.69) is 15.4 Å². The smallest absolute Gasteiger partial charge is 0.340 e. The van der Waals surface area contributed by atoms with Crippen molar-refractivity contribution in [2.24, 2.45) is 0 Å². The standard InChI is InChI=1S/C19H18Cl2N4O4/c1-10-14-7-12(9-22-17(14)25(24-10)5-6-26)19(28)29-11(2)18(27)23-16-4-3-13(20)8-15(16)21/h3-4,7-9,11,26H,5-6H2,1-2H3,(H,23,27). The number of hydrogen-bond donors (Lipinski definition) is 2. The number of esters is 1.